The summed E-state index contributed by atoms with van der Waals surface area (Å²) in [6.45, 7) is 3.83. The second-order valence-corrected chi connectivity index (χ2v) is 8.55. The van der Waals surface area contributed by atoms with Gasteiger partial charge in [0.05, 0.1) is 10.7 Å². The smallest absolute Gasteiger partial charge is 0.254 e. The minimum Gasteiger partial charge on any atom is -0.355 e. The average Bonchev–Trinajstić information content (AvgIpc) is 3.18. The molecule has 150 valence electrons. The number of thiazole rings is 1. The second-order valence-electron chi connectivity index (χ2n) is 7.49. The van der Waals surface area contributed by atoms with E-state index in [9.17, 15) is 9.59 Å². The van der Waals surface area contributed by atoms with Crippen LogP contribution in [-0.4, -0.2) is 41.3 Å². The van der Waals surface area contributed by atoms with Crippen LogP contribution in [0.25, 0.3) is 10.8 Å². The van der Waals surface area contributed by atoms with E-state index in [-0.39, 0.29) is 17.7 Å². The number of rotatable bonds is 5. The summed E-state index contributed by atoms with van der Waals surface area (Å²) in [6.07, 6.45) is 2.17. The van der Waals surface area contributed by atoms with Crippen molar-refractivity contribution in [2.75, 3.05) is 19.6 Å². The van der Waals surface area contributed by atoms with E-state index in [4.69, 9.17) is 0 Å². The zero-order chi connectivity index (χ0) is 20.2. The van der Waals surface area contributed by atoms with Gasteiger partial charge in [0.1, 0.15) is 0 Å². The number of hydrogen-bond acceptors (Lipinski definition) is 4. The van der Waals surface area contributed by atoms with Gasteiger partial charge < -0.3 is 10.2 Å². The predicted octanol–water partition coefficient (Wildman–Crippen LogP) is 3.82. The number of nitrogens with one attached hydrogen (secondary N) is 1. The largest absolute Gasteiger partial charge is 0.355 e. The van der Waals surface area contributed by atoms with Gasteiger partial charge in [0, 0.05) is 42.9 Å². The second kappa shape index (κ2) is 8.74. The van der Waals surface area contributed by atoms with Crippen molar-refractivity contribution in [1.82, 2.24) is 15.2 Å². The van der Waals surface area contributed by atoms with Crippen molar-refractivity contribution in [1.29, 1.82) is 0 Å². The SMILES string of the molecule is Cc1nc(CCNC(=O)C2CCN(C(=O)c3cccc4ccccc34)CC2)cs1. The highest BCUT2D eigenvalue weighted by molar-refractivity contribution is 7.09. The average molecular weight is 408 g/mol. The first-order chi connectivity index (χ1) is 14.1. The van der Waals surface area contributed by atoms with Crippen LogP contribution in [0.4, 0.5) is 0 Å². The molecule has 2 amide bonds. The topological polar surface area (TPSA) is 62.3 Å². The normalized spacial score (nSPS) is 14.9. The van der Waals surface area contributed by atoms with Crippen LogP contribution in [0, 0.1) is 12.8 Å². The maximum absolute atomic E-state index is 13.0. The number of piperidine rings is 1. The summed E-state index contributed by atoms with van der Waals surface area (Å²) < 4.78 is 0. The van der Waals surface area contributed by atoms with Crippen LogP contribution < -0.4 is 5.32 Å². The lowest BCUT2D eigenvalue weighted by Gasteiger charge is -2.31. The highest BCUT2D eigenvalue weighted by Gasteiger charge is 2.28. The van der Waals surface area contributed by atoms with Crippen LogP contribution >= 0.6 is 11.3 Å². The van der Waals surface area contributed by atoms with Crippen molar-refractivity contribution in [2.24, 2.45) is 5.92 Å². The van der Waals surface area contributed by atoms with Crippen LogP contribution in [0.5, 0.6) is 0 Å². The molecule has 1 aliphatic rings. The molecule has 5 nitrogen and oxygen atoms in total. The highest BCUT2D eigenvalue weighted by atomic mass is 32.1. The number of benzene rings is 2. The first kappa shape index (κ1) is 19.6. The quantitative estimate of drug-likeness (QED) is 0.699. The Morgan fingerprint density at radius 3 is 2.66 bits per heavy atom. The van der Waals surface area contributed by atoms with Gasteiger partial charge >= 0.3 is 0 Å². The Labute approximate surface area is 174 Å². The standard InChI is InChI=1S/C23H25N3O2S/c1-16-25-19(15-29-16)9-12-24-22(27)18-10-13-26(14-11-18)23(28)21-8-4-6-17-5-2-3-7-20(17)21/h2-8,15,18H,9-14H2,1H3,(H,24,27). The summed E-state index contributed by atoms with van der Waals surface area (Å²) in [7, 11) is 0. The van der Waals surface area contributed by atoms with Gasteiger partial charge in [-0.25, -0.2) is 4.98 Å². The number of amides is 2. The first-order valence-electron chi connectivity index (χ1n) is 10.1. The van der Waals surface area contributed by atoms with Crippen molar-refractivity contribution >= 4 is 33.9 Å². The summed E-state index contributed by atoms with van der Waals surface area (Å²) in [5.41, 5.74) is 1.77. The molecule has 1 fully saturated rings. The van der Waals surface area contributed by atoms with E-state index in [1.54, 1.807) is 11.3 Å². The molecule has 0 spiro atoms. The Hall–Kier alpha value is -2.73. The zero-order valence-electron chi connectivity index (χ0n) is 16.6. The minimum absolute atomic E-state index is 0.0243. The molecule has 0 aliphatic carbocycles. The molecule has 0 saturated carbocycles. The molecule has 1 saturated heterocycles. The zero-order valence-corrected chi connectivity index (χ0v) is 17.4. The third kappa shape index (κ3) is 4.48. The fourth-order valence-electron chi connectivity index (χ4n) is 3.91. The molecule has 2 heterocycles. The van der Waals surface area contributed by atoms with Crippen LogP contribution in [0.3, 0.4) is 0 Å². The summed E-state index contributed by atoms with van der Waals surface area (Å²) in [5.74, 6) is 0.123. The predicted molar refractivity (Wildman–Crippen MR) is 116 cm³/mol. The van der Waals surface area contributed by atoms with E-state index in [0.29, 0.717) is 32.5 Å². The number of hydrogen-bond donors (Lipinski definition) is 1. The van der Waals surface area contributed by atoms with Crippen molar-refractivity contribution in [3.8, 4) is 0 Å². The van der Waals surface area contributed by atoms with Gasteiger partial charge in [-0.05, 0) is 36.6 Å². The lowest BCUT2D eigenvalue weighted by molar-refractivity contribution is -0.126. The summed E-state index contributed by atoms with van der Waals surface area (Å²) in [5, 5.41) is 8.18. The number of carbonyl (C=O) groups is 2. The number of aryl methyl sites for hydroxylation is 1. The van der Waals surface area contributed by atoms with Crippen LogP contribution in [-0.2, 0) is 11.2 Å². The van der Waals surface area contributed by atoms with E-state index in [1.165, 1.54) is 0 Å². The van der Waals surface area contributed by atoms with Gasteiger partial charge in [-0.15, -0.1) is 11.3 Å². The third-order valence-electron chi connectivity index (χ3n) is 5.52. The minimum atomic E-state index is -0.0243. The Morgan fingerprint density at radius 2 is 1.90 bits per heavy atom. The van der Waals surface area contributed by atoms with Crippen molar-refractivity contribution in [2.45, 2.75) is 26.2 Å². The summed E-state index contributed by atoms with van der Waals surface area (Å²) >= 11 is 1.63. The van der Waals surface area contributed by atoms with E-state index in [1.807, 2.05) is 59.7 Å². The Bertz CT molecular complexity index is 1020. The maximum atomic E-state index is 13.0. The van der Waals surface area contributed by atoms with Gasteiger partial charge in [0.25, 0.3) is 5.91 Å². The molecule has 1 aromatic heterocycles. The van der Waals surface area contributed by atoms with Crippen LogP contribution in [0.15, 0.2) is 47.8 Å². The molecule has 1 aliphatic heterocycles. The van der Waals surface area contributed by atoms with Gasteiger partial charge in [0.2, 0.25) is 5.91 Å². The lowest BCUT2D eigenvalue weighted by atomic mass is 9.94. The number of likely N-dealkylation sites (tertiary alicyclic amines) is 1. The van der Waals surface area contributed by atoms with Crippen molar-refractivity contribution in [3.05, 3.63) is 64.1 Å². The number of fused-ring (bicyclic) bond motifs is 1. The summed E-state index contributed by atoms with van der Waals surface area (Å²) in [4.78, 5) is 31.8. The first-order valence-corrected chi connectivity index (χ1v) is 11.0. The lowest BCUT2D eigenvalue weighted by Crippen LogP contribution is -2.43. The molecule has 0 radical (unpaired) electrons. The molecular weight excluding hydrogens is 382 g/mol. The highest BCUT2D eigenvalue weighted by Crippen LogP contribution is 2.23. The third-order valence-corrected chi connectivity index (χ3v) is 6.34. The molecule has 4 rings (SSSR count). The molecule has 1 N–H and O–H groups in total. The number of carbonyl (C=O) groups excluding carboxylic acids is 2. The number of nitrogens with zero attached hydrogens (tertiary/aromatic N) is 2. The Balaban J connectivity index is 1.30. The van der Waals surface area contributed by atoms with Gasteiger partial charge in [-0.1, -0.05) is 36.4 Å². The van der Waals surface area contributed by atoms with E-state index in [2.05, 4.69) is 10.3 Å². The fraction of sp³-hybridized carbons (Fsp3) is 0.348. The van der Waals surface area contributed by atoms with Crippen molar-refractivity contribution < 1.29 is 9.59 Å². The van der Waals surface area contributed by atoms with E-state index >= 15 is 0 Å². The molecule has 0 atom stereocenters. The van der Waals surface area contributed by atoms with Crippen LogP contribution in [0.2, 0.25) is 0 Å². The molecule has 3 aromatic rings. The van der Waals surface area contributed by atoms with E-state index in [0.717, 1.165) is 33.5 Å². The molecular formula is C23H25N3O2S. The fourth-order valence-corrected chi connectivity index (χ4v) is 4.56. The Morgan fingerprint density at radius 1 is 1.14 bits per heavy atom. The van der Waals surface area contributed by atoms with Gasteiger partial charge in [-0.3, -0.25) is 9.59 Å². The molecule has 0 bridgehead atoms. The van der Waals surface area contributed by atoms with Gasteiger partial charge in [-0.2, -0.15) is 0 Å². The monoisotopic (exact) mass is 407 g/mol. The molecule has 2 aromatic carbocycles. The number of aromatic nitrogens is 1. The molecule has 29 heavy (non-hydrogen) atoms. The van der Waals surface area contributed by atoms with Gasteiger partial charge in [0.15, 0.2) is 0 Å². The van der Waals surface area contributed by atoms with Crippen LogP contribution in [0.1, 0.15) is 33.9 Å². The Kier molecular flexibility index (Phi) is 5.90. The van der Waals surface area contributed by atoms with Crippen molar-refractivity contribution in [3.63, 3.8) is 0 Å². The maximum Gasteiger partial charge on any atom is 0.254 e. The van der Waals surface area contributed by atoms with E-state index < -0.39 is 0 Å². The molecule has 0 unspecified atom stereocenters. The summed E-state index contributed by atoms with van der Waals surface area (Å²) in [6, 6.07) is 13.8. The molecule has 6 heteroatoms.